The van der Waals surface area contributed by atoms with Gasteiger partial charge in [0.05, 0.1) is 5.54 Å². The summed E-state index contributed by atoms with van der Waals surface area (Å²) in [7, 11) is 0. The van der Waals surface area contributed by atoms with Crippen LogP contribution in [-0.4, -0.2) is 29.7 Å². The number of hydrogen-bond acceptors (Lipinski definition) is 3. The number of carbonyl (C=O) groups excluding carboxylic acids is 2. The Morgan fingerprint density at radius 3 is 2.33 bits per heavy atom. The maximum absolute atomic E-state index is 12.3. The molecule has 1 aliphatic rings. The van der Waals surface area contributed by atoms with Gasteiger partial charge >= 0.3 is 6.09 Å². The molecule has 7 heteroatoms. The van der Waals surface area contributed by atoms with E-state index in [0.717, 1.165) is 22.9 Å². The molecule has 2 amide bonds. The molecule has 0 spiro atoms. The molecule has 0 bridgehead atoms. The van der Waals surface area contributed by atoms with E-state index in [1.807, 2.05) is 45.0 Å². The highest BCUT2D eigenvalue weighted by Gasteiger charge is 2.45. The van der Waals surface area contributed by atoms with Crippen LogP contribution in [0.3, 0.4) is 0 Å². The fraction of sp³-hybridized carbons (Fsp3) is 0.529. The lowest BCUT2D eigenvalue weighted by molar-refractivity contribution is -0.120. The Morgan fingerprint density at radius 1 is 1.25 bits per heavy atom. The van der Waals surface area contributed by atoms with Crippen molar-refractivity contribution in [2.45, 2.75) is 49.6 Å². The van der Waals surface area contributed by atoms with E-state index >= 15 is 0 Å². The lowest BCUT2D eigenvalue weighted by atomic mass is 10.1. The minimum Gasteiger partial charge on any atom is -0.444 e. The van der Waals surface area contributed by atoms with Crippen molar-refractivity contribution < 1.29 is 14.3 Å². The monoisotopic (exact) mass is 460 g/mol. The van der Waals surface area contributed by atoms with Gasteiger partial charge in [0.25, 0.3) is 0 Å². The summed E-state index contributed by atoms with van der Waals surface area (Å²) in [6.45, 7) is 5.86. The summed E-state index contributed by atoms with van der Waals surface area (Å²) in [6.07, 6.45) is 1.22. The van der Waals surface area contributed by atoms with Crippen LogP contribution >= 0.6 is 31.9 Å². The van der Waals surface area contributed by atoms with Crippen molar-refractivity contribution in [1.82, 2.24) is 10.6 Å². The lowest BCUT2D eigenvalue weighted by Gasteiger charge is -2.24. The van der Waals surface area contributed by atoms with Gasteiger partial charge in [-0.3, -0.25) is 4.79 Å². The minimum atomic E-state index is -0.536. The summed E-state index contributed by atoms with van der Waals surface area (Å²) in [4.78, 5) is 23.8. The average molecular weight is 462 g/mol. The zero-order valence-electron chi connectivity index (χ0n) is 14.0. The topological polar surface area (TPSA) is 67.4 Å². The van der Waals surface area contributed by atoms with Crippen LogP contribution in [0.5, 0.6) is 0 Å². The molecule has 5 nitrogen and oxygen atoms in total. The third-order valence-corrected chi connectivity index (χ3v) is 5.09. The van der Waals surface area contributed by atoms with E-state index in [-0.39, 0.29) is 11.4 Å². The Bertz CT molecular complexity index is 607. The highest BCUT2D eigenvalue weighted by molar-refractivity contribution is 9.10. The number of amides is 2. The summed E-state index contributed by atoms with van der Waals surface area (Å²) >= 11 is 6.79. The van der Waals surface area contributed by atoms with Crippen LogP contribution in [0.1, 0.15) is 44.0 Å². The van der Waals surface area contributed by atoms with Crippen molar-refractivity contribution in [1.29, 1.82) is 0 Å². The van der Waals surface area contributed by atoms with Crippen LogP contribution < -0.4 is 10.6 Å². The molecule has 0 aliphatic heterocycles. The molecule has 0 aromatic heterocycles. The summed E-state index contributed by atoms with van der Waals surface area (Å²) in [5.74, 6) is -0.130. The van der Waals surface area contributed by atoms with E-state index < -0.39 is 16.5 Å². The molecule has 2 N–H and O–H groups in total. The number of hydrogen-bond donors (Lipinski definition) is 2. The highest BCUT2D eigenvalue weighted by Crippen LogP contribution is 2.35. The smallest absolute Gasteiger partial charge is 0.408 e. The van der Waals surface area contributed by atoms with Crippen molar-refractivity contribution in [3.63, 3.8) is 0 Å². The maximum Gasteiger partial charge on any atom is 0.408 e. The number of ether oxygens (including phenoxy) is 1. The van der Waals surface area contributed by atoms with Gasteiger partial charge in [-0.25, -0.2) is 4.79 Å². The van der Waals surface area contributed by atoms with E-state index in [4.69, 9.17) is 4.74 Å². The standard InChI is InChI=1S/C17H22Br2N2O3/c1-16(2,3)24-15(23)21-17(8-9-17)10-20-14(22)13(19)11-4-6-12(18)7-5-11/h4-7,13H,8-10H2,1-3H3,(H,20,22)(H,21,23). The zero-order chi connectivity index (χ0) is 18.0. The van der Waals surface area contributed by atoms with Gasteiger partial charge in [0.1, 0.15) is 10.4 Å². The van der Waals surface area contributed by atoms with Gasteiger partial charge in [-0.2, -0.15) is 0 Å². The molecule has 1 aliphatic carbocycles. The SMILES string of the molecule is CC(C)(C)OC(=O)NC1(CNC(=O)C(Br)c2ccc(Br)cc2)CC1. The molecule has 0 heterocycles. The van der Waals surface area contributed by atoms with Crippen molar-refractivity contribution in [3.05, 3.63) is 34.3 Å². The molecule has 1 unspecified atom stereocenters. The Balaban J connectivity index is 1.84. The number of carbonyl (C=O) groups is 2. The van der Waals surface area contributed by atoms with Crippen LogP contribution in [0.25, 0.3) is 0 Å². The molecule has 1 atom stereocenters. The second-order valence-corrected chi connectivity index (χ2v) is 8.87. The lowest BCUT2D eigenvalue weighted by Crippen LogP contribution is -2.47. The van der Waals surface area contributed by atoms with Crippen LogP contribution in [0.15, 0.2) is 28.7 Å². The van der Waals surface area contributed by atoms with Gasteiger partial charge < -0.3 is 15.4 Å². The van der Waals surface area contributed by atoms with E-state index in [1.54, 1.807) is 0 Å². The van der Waals surface area contributed by atoms with Crippen LogP contribution in [0, 0.1) is 0 Å². The summed E-state index contributed by atoms with van der Waals surface area (Å²) in [5, 5.41) is 5.77. The number of alkyl halides is 1. The van der Waals surface area contributed by atoms with Crippen LogP contribution in [0.2, 0.25) is 0 Å². The molecule has 1 aromatic carbocycles. The summed E-state index contributed by atoms with van der Waals surface area (Å²) < 4.78 is 6.23. The molecule has 2 rings (SSSR count). The number of nitrogens with one attached hydrogen (secondary N) is 2. The molecular formula is C17H22Br2N2O3. The fourth-order valence-corrected chi connectivity index (χ4v) is 2.88. The molecule has 132 valence electrons. The fourth-order valence-electron chi connectivity index (χ4n) is 2.15. The Labute approximate surface area is 159 Å². The average Bonchev–Trinajstić information content (AvgIpc) is 3.22. The number of benzene rings is 1. The van der Waals surface area contributed by atoms with Gasteiger partial charge in [-0.05, 0) is 51.3 Å². The van der Waals surface area contributed by atoms with Gasteiger partial charge in [-0.1, -0.05) is 44.0 Å². The number of halogens is 2. The molecule has 0 saturated heterocycles. The zero-order valence-corrected chi connectivity index (χ0v) is 17.2. The molecule has 1 fully saturated rings. The van der Waals surface area contributed by atoms with Crippen molar-refractivity contribution in [2.75, 3.05) is 6.54 Å². The highest BCUT2D eigenvalue weighted by atomic mass is 79.9. The molecular weight excluding hydrogens is 440 g/mol. The predicted molar refractivity (Wildman–Crippen MR) is 100 cm³/mol. The van der Waals surface area contributed by atoms with Crippen molar-refractivity contribution in [3.8, 4) is 0 Å². The first-order valence-electron chi connectivity index (χ1n) is 7.79. The van der Waals surface area contributed by atoms with Gasteiger partial charge in [-0.15, -0.1) is 0 Å². The largest absolute Gasteiger partial charge is 0.444 e. The van der Waals surface area contributed by atoms with E-state index in [1.165, 1.54) is 0 Å². The Kier molecular flexibility index (Phi) is 5.96. The summed E-state index contributed by atoms with van der Waals surface area (Å²) in [5.41, 5.74) is -0.0447. The second kappa shape index (κ2) is 7.44. The van der Waals surface area contributed by atoms with Crippen molar-refractivity contribution >= 4 is 43.9 Å². The molecule has 1 saturated carbocycles. The second-order valence-electron chi connectivity index (χ2n) is 7.04. The number of alkyl carbamates (subject to hydrolysis) is 1. The van der Waals surface area contributed by atoms with E-state index in [0.29, 0.717) is 6.54 Å². The minimum absolute atomic E-state index is 0.130. The molecule has 1 aromatic rings. The first-order valence-corrected chi connectivity index (χ1v) is 9.50. The van der Waals surface area contributed by atoms with Gasteiger partial charge in [0.2, 0.25) is 5.91 Å². The molecule has 24 heavy (non-hydrogen) atoms. The number of rotatable bonds is 5. The normalized spacial score (nSPS) is 16.9. The van der Waals surface area contributed by atoms with E-state index in [9.17, 15) is 9.59 Å². The third kappa shape index (κ3) is 5.77. The first kappa shape index (κ1) is 19.2. The quantitative estimate of drug-likeness (QED) is 0.649. The Morgan fingerprint density at radius 2 is 1.83 bits per heavy atom. The first-order chi connectivity index (χ1) is 11.1. The van der Waals surface area contributed by atoms with Crippen LogP contribution in [0.4, 0.5) is 4.79 Å². The third-order valence-electron chi connectivity index (χ3n) is 3.61. The van der Waals surface area contributed by atoms with Gasteiger partial charge in [0, 0.05) is 11.0 Å². The van der Waals surface area contributed by atoms with Gasteiger partial charge in [0.15, 0.2) is 0 Å². The van der Waals surface area contributed by atoms with E-state index in [2.05, 4.69) is 42.5 Å². The molecule has 0 radical (unpaired) electrons. The maximum atomic E-state index is 12.3. The summed E-state index contributed by atoms with van der Waals surface area (Å²) in [6, 6.07) is 7.55. The predicted octanol–water partition coefficient (Wildman–Crippen LogP) is 4.06. The Hall–Kier alpha value is -1.08. The van der Waals surface area contributed by atoms with Crippen LogP contribution in [-0.2, 0) is 9.53 Å². The van der Waals surface area contributed by atoms with Crippen molar-refractivity contribution in [2.24, 2.45) is 0 Å².